The van der Waals surface area contributed by atoms with Gasteiger partial charge in [-0.15, -0.1) is 0 Å². The summed E-state index contributed by atoms with van der Waals surface area (Å²) in [5, 5.41) is 0.883. The zero-order chi connectivity index (χ0) is 20.4. The van der Waals surface area contributed by atoms with Crippen LogP contribution in [0.3, 0.4) is 0 Å². The summed E-state index contributed by atoms with van der Waals surface area (Å²) in [5.74, 6) is -0.288. The molecule has 0 amide bonds. The Bertz CT molecular complexity index is 1140. The van der Waals surface area contributed by atoms with Gasteiger partial charge in [-0.1, -0.05) is 42.0 Å². The molecule has 0 radical (unpaired) electrons. The Morgan fingerprint density at radius 1 is 1.07 bits per heavy atom. The number of benzene rings is 2. The van der Waals surface area contributed by atoms with Crippen molar-refractivity contribution in [2.24, 2.45) is 0 Å². The molecule has 5 nitrogen and oxygen atoms in total. The van der Waals surface area contributed by atoms with Gasteiger partial charge in [0.15, 0.2) is 5.78 Å². The number of anilines is 1. The predicted octanol–water partition coefficient (Wildman–Crippen LogP) is 3.88. The monoisotopic (exact) mass is 388 g/mol. The molecule has 0 saturated carbocycles. The van der Waals surface area contributed by atoms with E-state index in [1.54, 1.807) is 6.08 Å². The van der Waals surface area contributed by atoms with Crippen LogP contribution in [0.25, 0.3) is 17.0 Å². The first-order valence-corrected chi connectivity index (χ1v) is 9.81. The average molecular weight is 388 g/mol. The molecule has 2 heterocycles. The topological polar surface area (TPSA) is 62.4 Å². The van der Waals surface area contributed by atoms with Crippen molar-refractivity contribution >= 4 is 28.4 Å². The number of carbonyl (C=O) groups excluding carboxylic acids is 1. The van der Waals surface area contributed by atoms with Crippen molar-refractivity contribution in [3.8, 4) is 0 Å². The lowest BCUT2D eigenvalue weighted by Gasteiger charge is -2.29. The number of carbonyl (C=O) groups is 1. The molecule has 1 N–H and O–H groups in total. The van der Waals surface area contributed by atoms with Gasteiger partial charge in [-0.05, 0) is 43.2 Å². The number of nitrogens with one attached hydrogen (secondary N) is 1. The molecule has 0 aliphatic carbocycles. The Kier molecular flexibility index (Phi) is 5.32. The number of ether oxygens (including phenoxy) is 1. The molecular formula is C24H24N2O3. The van der Waals surface area contributed by atoms with Crippen LogP contribution in [-0.4, -0.2) is 37.1 Å². The van der Waals surface area contributed by atoms with Crippen LogP contribution in [0.4, 0.5) is 5.69 Å². The Morgan fingerprint density at radius 3 is 2.52 bits per heavy atom. The number of hydrogen-bond acceptors (Lipinski definition) is 4. The van der Waals surface area contributed by atoms with E-state index in [-0.39, 0.29) is 16.9 Å². The Hall–Kier alpha value is -3.18. The van der Waals surface area contributed by atoms with E-state index in [2.05, 4.69) is 9.88 Å². The number of fused-ring (bicyclic) bond motifs is 1. The molecule has 5 heteroatoms. The van der Waals surface area contributed by atoms with E-state index >= 15 is 0 Å². The van der Waals surface area contributed by atoms with Crippen LogP contribution in [0.1, 0.15) is 27.0 Å². The summed E-state index contributed by atoms with van der Waals surface area (Å²) in [5.41, 5.74) is 4.42. The third kappa shape index (κ3) is 4.00. The molecule has 1 aliphatic rings. The van der Waals surface area contributed by atoms with Crippen LogP contribution < -0.4 is 10.5 Å². The van der Waals surface area contributed by atoms with Crippen LogP contribution >= 0.6 is 0 Å². The van der Waals surface area contributed by atoms with E-state index in [9.17, 15) is 9.59 Å². The number of ketones is 1. The number of rotatable bonds is 4. The molecule has 148 valence electrons. The summed E-state index contributed by atoms with van der Waals surface area (Å²) in [7, 11) is 0. The highest BCUT2D eigenvalue weighted by atomic mass is 16.5. The fourth-order valence-corrected chi connectivity index (χ4v) is 3.70. The van der Waals surface area contributed by atoms with Gasteiger partial charge in [0, 0.05) is 24.2 Å². The highest BCUT2D eigenvalue weighted by molar-refractivity contribution is 6.09. The lowest BCUT2D eigenvalue weighted by Crippen LogP contribution is -2.36. The minimum atomic E-state index is -0.354. The van der Waals surface area contributed by atoms with Gasteiger partial charge in [-0.3, -0.25) is 9.59 Å². The third-order valence-electron chi connectivity index (χ3n) is 5.38. The molecule has 0 bridgehead atoms. The first kappa shape index (κ1) is 19.2. The largest absolute Gasteiger partial charge is 0.378 e. The van der Waals surface area contributed by atoms with Crippen LogP contribution in [-0.2, 0) is 4.74 Å². The van der Waals surface area contributed by atoms with Crippen LogP contribution in [0.15, 0.2) is 53.3 Å². The number of allylic oxidation sites excluding steroid dienone is 1. The Labute approximate surface area is 169 Å². The number of pyridine rings is 1. The number of aromatic amines is 1. The SMILES string of the molecule is Cc1ccc(C=CC(=O)c2c(C)c3ccc(N4CCOCC4)cc3[nH]c2=O)cc1. The fourth-order valence-electron chi connectivity index (χ4n) is 3.70. The standard InChI is InChI=1S/C24H24N2O3/c1-16-3-5-18(6-4-16)7-10-22(27)23-17(2)20-9-8-19(15-21(20)25-24(23)28)26-11-13-29-14-12-26/h3-10,15H,11-14H2,1-2H3,(H,25,28). The number of morpholine rings is 1. The first-order valence-electron chi connectivity index (χ1n) is 9.81. The number of aryl methyl sites for hydroxylation is 2. The first-order chi connectivity index (χ1) is 14.0. The summed E-state index contributed by atoms with van der Waals surface area (Å²) in [6, 6.07) is 13.9. The van der Waals surface area contributed by atoms with Gasteiger partial charge < -0.3 is 14.6 Å². The Balaban J connectivity index is 1.67. The molecule has 1 fully saturated rings. The van der Waals surface area contributed by atoms with E-state index in [0.717, 1.165) is 40.8 Å². The van der Waals surface area contributed by atoms with Gasteiger partial charge in [-0.25, -0.2) is 0 Å². The van der Waals surface area contributed by atoms with Crippen LogP contribution in [0.2, 0.25) is 0 Å². The zero-order valence-corrected chi connectivity index (χ0v) is 16.7. The van der Waals surface area contributed by atoms with Crippen LogP contribution in [0, 0.1) is 13.8 Å². The molecular weight excluding hydrogens is 364 g/mol. The van der Waals surface area contributed by atoms with Gasteiger partial charge in [-0.2, -0.15) is 0 Å². The van der Waals surface area contributed by atoms with E-state index in [4.69, 9.17) is 4.74 Å². The van der Waals surface area contributed by atoms with Crippen molar-refractivity contribution in [3.05, 3.63) is 81.1 Å². The number of hydrogen-bond donors (Lipinski definition) is 1. The summed E-state index contributed by atoms with van der Waals surface area (Å²) in [6.07, 6.45) is 3.21. The second-order valence-electron chi connectivity index (χ2n) is 7.39. The number of aromatic nitrogens is 1. The fraction of sp³-hybridized carbons (Fsp3) is 0.250. The van der Waals surface area contributed by atoms with Gasteiger partial charge in [0.2, 0.25) is 0 Å². The molecule has 0 spiro atoms. The normalized spacial score (nSPS) is 14.6. The second-order valence-corrected chi connectivity index (χ2v) is 7.39. The van der Waals surface area contributed by atoms with E-state index in [1.807, 2.05) is 56.3 Å². The molecule has 3 aromatic rings. The van der Waals surface area contributed by atoms with E-state index in [0.29, 0.717) is 18.8 Å². The molecule has 0 atom stereocenters. The van der Waals surface area contributed by atoms with Gasteiger partial charge >= 0.3 is 0 Å². The highest BCUT2D eigenvalue weighted by Crippen LogP contribution is 2.24. The van der Waals surface area contributed by atoms with Gasteiger partial charge in [0.1, 0.15) is 0 Å². The summed E-state index contributed by atoms with van der Waals surface area (Å²) >= 11 is 0. The van der Waals surface area contributed by atoms with Gasteiger partial charge in [0.05, 0.1) is 24.3 Å². The smallest absolute Gasteiger partial charge is 0.259 e. The third-order valence-corrected chi connectivity index (χ3v) is 5.38. The van der Waals surface area contributed by atoms with E-state index in [1.165, 1.54) is 6.08 Å². The predicted molar refractivity (Wildman–Crippen MR) is 117 cm³/mol. The zero-order valence-electron chi connectivity index (χ0n) is 16.7. The van der Waals surface area contributed by atoms with Crippen molar-refractivity contribution in [2.45, 2.75) is 13.8 Å². The number of nitrogens with zero attached hydrogens (tertiary/aromatic N) is 1. The minimum absolute atomic E-state index is 0.194. The van der Waals surface area contributed by atoms with Crippen molar-refractivity contribution < 1.29 is 9.53 Å². The molecule has 29 heavy (non-hydrogen) atoms. The maximum Gasteiger partial charge on any atom is 0.259 e. The van der Waals surface area contributed by atoms with Crippen molar-refractivity contribution in [2.75, 3.05) is 31.2 Å². The van der Waals surface area contributed by atoms with Crippen LogP contribution in [0.5, 0.6) is 0 Å². The Morgan fingerprint density at radius 2 is 1.79 bits per heavy atom. The van der Waals surface area contributed by atoms with Crippen molar-refractivity contribution in [1.29, 1.82) is 0 Å². The number of H-pyrrole nitrogens is 1. The molecule has 4 rings (SSSR count). The highest BCUT2D eigenvalue weighted by Gasteiger charge is 2.17. The molecule has 0 unspecified atom stereocenters. The van der Waals surface area contributed by atoms with Crippen molar-refractivity contribution in [3.63, 3.8) is 0 Å². The average Bonchev–Trinajstić information content (AvgIpc) is 2.73. The molecule has 2 aromatic carbocycles. The molecule has 1 aromatic heterocycles. The lowest BCUT2D eigenvalue weighted by molar-refractivity contribution is 0.104. The van der Waals surface area contributed by atoms with E-state index < -0.39 is 0 Å². The summed E-state index contributed by atoms with van der Waals surface area (Å²) in [6.45, 7) is 6.91. The maximum absolute atomic E-state index is 12.8. The minimum Gasteiger partial charge on any atom is -0.378 e. The van der Waals surface area contributed by atoms with Crippen molar-refractivity contribution in [1.82, 2.24) is 4.98 Å². The lowest BCUT2D eigenvalue weighted by atomic mass is 10.0. The van der Waals surface area contributed by atoms with Gasteiger partial charge in [0.25, 0.3) is 5.56 Å². The molecule has 1 aliphatic heterocycles. The quantitative estimate of drug-likeness (QED) is 0.544. The molecule has 1 saturated heterocycles. The summed E-state index contributed by atoms with van der Waals surface area (Å²) in [4.78, 5) is 30.6. The summed E-state index contributed by atoms with van der Waals surface area (Å²) < 4.78 is 5.41. The second kappa shape index (κ2) is 8.05. The maximum atomic E-state index is 12.8.